The molecule has 0 bridgehead atoms. The van der Waals surface area contributed by atoms with Crippen LogP contribution in [0.1, 0.15) is 52.4 Å². The van der Waals surface area contributed by atoms with Crippen LogP contribution in [0.2, 0.25) is 0 Å². The molecule has 2 atom stereocenters. The number of nitrogens with zero attached hydrogens (tertiary/aromatic N) is 1. The summed E-state index contributed by atoms with van der Waals surface area (Å²) >= 11 is 0. The number of nitrogens with one attached hydrogen (secondary N) is 1. The van der Waals surface area contributed by atoms with Crippen molar-refractivity contribution < 1.29 is 24.2 Å². The van der Waals surface area contributed by atoms with E-state index >= 15 is 0 Å². The van der Waals surface area contributed by atoms with E-state index in [9.17, 15) is 14.7 Å². The number of imide groups is 1. The second-order valence-corrected chi connectivity index (χ2v) is 7.48. The molecule has 2 N–H and O–H groups in total. The molecule has 1 heterocycles. The summed E-state index contributed by atoms with van der Waals surface area (Å²) in [5, 5.41) is 13.0. The first kappa shape index (κ1) is 22.0. The zero-order chi connectivity index (χ0) is 20.6. The molecular formula is C21H32N2O5. The maximum atomic E-state index is 12.7. The Morgan fingerprint density at radius 2 is 1.75 bits per heavy atom. The van der Waals surface area contributed by atoms with Gasteiger partial charge in [-0.15, -0.1) is 0 Å². The number of aliphatic hydroxyl groups is 1. The Morgan fingerprint density at radius 3 is 2.39 bits per heavy atom. The second-order valence-electron chi connectivity index (χ2n) is 7.48. The molecule has 1 aliphatic heterocycles. The van der Waals surface area contributed by atoms with E-state index in [2.05, 4.69) is 12.2 Å². The summed E-state index contributed by atoms with van der Waals surface area (Å²) in [6, 6.07) is 6.52. The molecule has 0 radical (unpaired) electrons. The third-order valence-corrected chi connectivity index (χ3v) is 5.02. The predicted octanol–water partition coefficient (Wildman–Crippen LogP) is 3.11. The van der Waals surface area contributed by atoms with Crippen LogP contribution in [0.3, 0.4) is 0 Å². The molecule has 7 nitrogen and oxygen atoms in total. The molecular weight excluding hydrogens is 360 g/mol. The average Bonchev–Trinajstić information content (AvgIpc) is 2.90. The zero-order valence-corrected chi connectivity index (χ0v) is 17.1. The molecule has 2 unspecified atom stereocenters. The molecule has 1 fully saturated rings. The van der Waals surface area contributed by atoms with E-state index in [-0.39, 0.29) is 19.1 Å². The van der Waals surface area contributed by atoms with Crippen molar-refractivity contribution in [3.8, 4) is 11.5 Å². The molecule has 3 amide bonds. The molecule has 0 aliphatic carbocycles. The van der Waals surface area contributed by atoms with Gasteiger partial charge in [-0.05, 0) is 37.6 Å². The number of ether oxygens (including phenoxy) is 2. The number of β-amino-alcohol motifs (C(OH)–C–C–N with tert-alkyl or cyclic N) is 1. The fraction of sp³-hybridized carbons (Fsp3) is 0.619. The van der Waals surface area contributed by atoms with Crippen molar-refractivity contribution in [1.82, 2.24) is 10.2 Å². The number of rotatable bonds is 12. The molecule has 0 spiro atoms. The van der Waals surface area contributed by atoms with Crippen LogP contribution in [-0.4, -0.2) is 53.8 Å². The summed E-state index contributed by atoms with van der Waals surface area (Å²) in [5.74, 6) is 1.01. The van der Waals surface area contributed by atoms with Crippen LogP contribution in [0, 0.1) is 0 Å². The lowest BCUT2D eigenvalue weighted by molar-refractivity contribution is -0.132. The van der Waals surface area contributed by atoms with Gasteiger partial charge in [-0.2, -0.15) is 0 Å². The molecule has 1 aliphatic rings. The van der Waals surface area contributed by atoms with Crippen molar-refractivity contribution in [3.05, 3.63) is 24.3 Å². The Balaban J connectivity index is 1.81. The van der Waals surface area contributed by atoms with Crippen LogP contribution in [0.5, 0.6) is 11.5 Å². The minimum absolute atomic E-state index is 0.0167. The number of aliphatic hydroxyl groups excluding tert-OH is 1. The maximum absolute atomic E-state index is 12.7. The Morgan fingerprint density at radius 1 is 1.11 bits per heavy atom. The van der Waals surface area contributed by atoms with Gasteiger partial charge < -0.3 is 19.9 Å². The molecule has 0 aromatic heterocycles. The van der Waals surface area contributed by atoms with Crippen molar-refractivity contribution in [2.45, 2.75) is 64.0 Å². The zero-order valence-electron chi connectivity index (χ0n) is 17.1. The number of methoxy groups -OCH3 is 1. The predicted molar refractivity (Wildman–Crippen MR) is 107 cm³/mol. The Bertz CT molecular complexity index is 649. The van der Waals surface area contributed by atoms with Gasteiger partial charge in [-0.25, -0.2) is 4.79 Å². The monoisotopic (exact) mass is 392 g/mol. The smallest absolute Gasteiger partial charge is 0.325 e. The first-order valence-electron chi connectivity index (χ1n) is 9.98. The molecule has 1 saturated heterocycles. The van der Waals surface area contributed by atoms with E-state index in [0.29, 0.717) is 17.9 Å². The molecule has 0 saturated carbocycles. The van der Waals surface area contributed by atoms with Gasteiger partial charge in [0, 0.05) is 0 Å². The van der Waals surface area contributed by atoms with Gasteiger partial charge in [-0.1, -0.05) is 39.0 Å². The number of amides is 3. The molecule has 1 aromatic carbocycles. The highest BCUT2D eigenvalue weighted by Crippen LogP contribution is 2.24. The standard InChI is InChI=1S/C21H32N2O5/c1-4-5-6-7-8-13-21(2)19(25)23(20(26)22-21)14-16(24)15-28-18-11-9-17(27-3)10-12-18/h9-12,16,24H,4-8,13-15H2,1-3H3,(H,22,26). The Kier molecular flexibility index (Phi) is 8.11. The first-order valence-corrected chi connectivity index (χ1v) is 9.98. The second kappa shape index (κ2) is 10.3. The summed E-state index contributed by atoms with van der Waals surface area (Å²) < 4.78 is 10.6. The van der Waals surface area contributed by atoms with Gasteiger partial charge in [0.05, 0.1) is 13.7 Å². The fourth-order valence-electron chi connectivity index (χ4n) is 3.29. The highest BCUT2D eigenvalue weighted by molar-refractivity contribution is 6.06. The third kappa shape index (κ3) is 5.86. The van der Waals surface area contributed by atoms with Gasteiger partial charge in [0.2, 0.25) is 0 Å². The van der Waals surface area contributed by atoms with E-state index < -0.39 is 17.7 Å². The summed E-state index contributed by atoms with van der Waals surface area (Å²) in [6.07, 6.45) is 5.06. The van der Waals surface area contributed by atoms with Gasteiger partial charge >= 0.3 is 6.03 Å². The number of carbonyl (C=O) groups excluding carboxylic acids is 2. The van der Waals surface area contributed by atoms with Gasteiger partial charge in [0.1, 0.15) is 29.7 Å². The van der Waals surface area contributed by atoms with Crippen molar-refractivity contribution in [2.24, 2.45) is 0 Å². The molecule has 1 aromatic rings. The molecule has 7 heteroatoms. The van der Waals surface area contributed by atoms with E-state index in [1.165, 1.54) is 6.42 Å². The van der Waals surface area contributed by atoms with E-state index in [1.54, 1.807) is 38.3 Å². The van der Waals surface area contributed by atoms with E-state index in [1.807, 2.05) is 0 Å². The lowest BCUT2D eigenvalue weighted by atomic mass is 9.94. The summed E-state index contributed by atoms with van der Waals surface area (Å²) in [4.78, 5) is 26.0. The van der Waals surface area contributed by atoms with Crippen molar-refractivity contribution in [3.63, 3.8) is 0 Å². The quantitative estimate of drug-likeness (QED) is 0.421. The van der Waals surface area contributed by atoms with Gasteiger partial charge in [0.25, 0.3) is 5.91 Å². The molecule has 28 heavy (non-hydrogen) atoms. The largest absolute Gasteiger partial charge is 0.497 e. The Labute approximate surface area is 167 Å². The van der Waals surface area contributed by atoms with Crippen LogP contribution < -0.4 is 14.8 Å². The SMILES string of the molecule is CCCCCCCC1(C)NC(=O)N(CC(O)COc2ccc(OC)cc2)C1=O. The summed E-state index contributed by atoms with van der Waals surface area (Å²) in [6.45, 7) is 3.81. The number of carbonyl (C=O) groups is 2. The topological polar surface area (TPSA) is 88.1 Å². The molecule has 2 rings (SSSR count). The highest BCUT2D eigenvalue weighted by atomic mass is 16.5. The lowest BCUT2D eigenvalue weighted by Gasteiger charge is -2.22. The van der Waals surface area contributed by atoms with Gasteiger partial charge in [0.15, 0.2) is 0 Å². The third-order valence-electron chi connectivity index (χ3n) is 5.02. The van der Waals surface area contributed by atoms with Crippen molar-refractivity contribution in [2.75, 3.05) is 20.3 Å². The van der Waals surface area contributed by atoms with E-state index in [4.69, 9.17) is 9.47 Å². The number of benzene rings is 1. The number of urea groups is 1. The normalized spacial score (nSPS) is 20.2. The minimum atomic E-state index is -0.969. The van der Waals surface area contributed by atoms with Crippen LogP contribution in [0.25, 0.3) is 0 Å². The van der Waals surface area contributed by atoms with Crippen molar-refractivity contribution in [1.29, 1.82) is 0 Å². The maximum Gasteiger partial charge on any atom is 0.325 e. The lowest BCUT2D eigenvalue weighted by Crippen LogP contribution is -2.45. The number of hydrogen-bond donors (Lipinski definition) is 2. The number of hydrogen-bond acceptors (Lipinski definition) is 5. The molecule has 156 valence electrons. The van der Waals surface area contributed by atoms with Crippen LogP contribution >= 0.6 is 0 Å². The van der Waals surface area contributed by atoms with Crippen molar-refractivity contribution >= 4 is 11.9 Å². The van der Waals surface area contributed by atoms with Crippen LogP contribution in [-0.2, 0) is 4.79 Å². The minimum Gasteiger partial charge on any atom is -0.497 e. The van der Waals surface area contributed by atoms with E-state index in [0.717, 1.165) is 30.6 Å². The first-order chi connectivity index (χ1) is 13.4. The Hall–Kier alpha value is -2.28. The summed E-state index contributed by atoms with van der Waals surface area (Å²) in [7, 11) is 1.58. The fourth-order valence-corrected chi connectivity index (χ4v) is 3.29. The summed E-state index contributed by atoms with van der Waals surface area (Å²) in [5.41, 5.74) is -0.889. The van der Waals surface area contributed by atoms with Crippen LogP contribution in [0.15, 0.2) is 24.3 Å². The van der Waals surface area contributed by atoms with Crippen LogP contribution in [0.4, 0.5) is 4.79 Å². The van der Waals surface area contributed by atoms with Gasteiger partial charge in [-0.3, -0.25) is 9.69 Å². The highest BCUT2D eigenvalue weighted by Gasteiger charge is 2.47. The average molecular weight is 392 g/mol. The number of unbranched alkanes of at least 4 members (excludes halogenated alkanes) is 4.